The fourth-order valence-corrected chi connectivity index (χ4v) is 2.79. The molecule has 0 aliphatic rings. The zero-order valence-corrected chi connectivity index (χ0v) is 13.2. The van der Waals surface area contributed by atoms with Gasteiger partial charge in [0.25, 0.3) is 0 Å². The van der Waals surface area contributed by atoms with E-state index < -0.39 is 0 Å². The van der Waals surface area contributed by atoms with E-state index in [1.807, 2.05) is 10.7 Å². The number of aryl methyl sites for hydroxylation is 1. The lowest BCUT2D eigenvalue weighted by atomic mass is 10.0. The van der Waals surface area contributed by atoms with Gasteiger partial charge in [-0.05, 0) is 34.3 Å². The van der Waals surface area contributed by atoms with Crippen molar-refractivity contribution in [3.63, 3.8) is 0 Å². The SMILES string of the molecule is COCCn1ncc(Br)c1C(N)CCc1ccccc1. The molecule has 0 amide bonds. The van der Waals surface area contributed by atoms with Gasteiger partial charge in [-0.1, -0.05) is 30.3 Å². The molecule has 2 aromatic rings. The number of nitrogens with zero attached hydrogens (tertiary/aromatic N) is 2. The number of halogens is 1. The molecule has 0 fully saturated rings. The largest absolute Gasteiger partial charge is 0.383 e. The summed E-state index contributed by atoms with van der Waals surface area (Å²) in [6.45, 7) is 1.35. The summed E-state index contributed by atoms with van der Waals surface area (Å²) in [7, 11) is 1.69. The molecule has 0 bridgehead atoms. The highest BCUT2D eigenvalue weighted by Gasteiger charge is 2.16. The van der Waals surface area contributed by atoms with Crippen LogP contribution in [0.3, 0.4) is 0 Å². The molecule has 0 saturated carbocycles. The Hall–Kier alpha value is -1.17. The lowest BCUT2D eigenvalue weighted by Crippen LogP contribution is -2.19. The summed E-state index contributed by atoms with van der Waals surface area (Å²) >= 11 is 3.53. The summed E-state index contributed by atoms with van der Waals surface area (Å²) in [5, 5.41) is 4.34. The molecule has 1 atom stereocenters. The maximum atomic E-state index is 6.33. The molecule has 1 heterocycles. The third kappa shape index (κ3) is 3.91. The third-order valence-corrected chi connectivity index (χ3v) is 3.89. The van der Waals surface area contributed by atoms with Crippen LogP contribution in [0, 0.1) is 0 Å². The van der Waals surface area contributed by atoms with Crippen LogP contribution in [0.5, 0.6) is 0 Å². The fraction of sp³-hybridized carbons (Fsp3) is 0.400. The van der Waals surface area contributed by atoms with Crippen LogP contribution in [0.2, 0.25) is 0 Å². The van der Waals surface area contributed by atoms with Gasteiger partial charge in [0.15, 0.2) is 0 Å². The van der Waals surface area contributed by atoms with E-state index in [1.165, 1.54) is 5.56 Å². The number of hydrogen-bond acceptors (Lipinski definition) is 3. The molecule has 2 rings (SSSR count). The highest BCUT2D eigenvalue weighted by molar-refractivity contribution is 9.10. The van der Waals surface area contributed by atoms with Crippen LogP contribution < -0.4 is 5.73 Å². The van der Waals surface area contributed by atoms with Gasteiger partial charge in [0, 0.05) is 13.2 Å². The molecule has 1 aromatic heterocycles. The molecular weight excluding hydrogens is 318 g/mol. The van der Waals surface area contributed by atoms with Crippen LogP contribution in [0.15, 0.2) is 41.0 Å². The lowest BCUT2D eigenvalue weighted by Gasteiger charge is -2.15. The number of nitrogens with two attached hydrogens (primary N) is 1. The van der Waals surface area contributed by atoms with Crippen molar-refractivity contribution in [2.24, 2.45) is 5.73 Å². The first kappa shape index (κ1) is 15.2. The van der Waals surface area contributed by atoms with Gasteiger partial charge in [-0.3, -0.25) is 4.68 Å². The average Bonchev–Trinajstić information content (AvgIpc) is 2.84. The van der Waals surface area contributed by atoms with Gasteiger partial charge in [0.05, 0.1) is 29.5 Å². The van der Waals surface area contributed by atoms with Crippen molar-refractivity contribution < 1.29 is 4.74 Å². The number of rotatable bonds is 7. The van der Waals surface area contributed by atoms with E-state index in [2.05, 4.69) is 45.3 Å². The van der Waals surface area contributed by atoms with Crippen molar-refractivity contribution in [2.75, 3.05) is 13.7 Å². The number of ether oxygens (including phenoxy) is 1. The third-order valence-electron chi connectivity index (χ3n) is 3.28. The summed E-state index contributed by atoms with van der Waals surface area (Å²) in [5.41, 5.74) is 8.68. The van der Waals surface area contributed by atoms with E-state index in [9.17, 15) is 0 Å². The average molecular weight is 338 g/mol. The van der Waals surface area contributed by atoms with Crippen molar-refractivity contribution in [1.82, 2.24) is 9.78 Å². The molecule has 5 heteroatoms. The monoisotopic (exact) mass is 337 g/mol. The molecule has 0 aliphatic carbocycles. The zero-order valence-electron chi connectivity index (χ0n) is 11.6. The van der Waals surface area contributed by atoms with Crippen molar-refractivity contribution in [1.29, 1.82) is 0 Å². The Labute approximate surface area is 128 Å². The van der Waals surface area contributed by atoms with Gasteiger partial charge in [-0.25, -0.2) is 0 Å². The van der Waals surface area contributed by atoms with Gasteiger partial charge in [-0.15, -0.1) is 0 Å². The van der Waals surface area contributed by atoms with Gasteiger partial charge in [0.1, 0.15) is 0 Å². The number of aromatic nitrogens is 2. The topological polar surface area (TPSA) is 53.1 Å². The van der Waals surface area contributed by atoms with Crippen LogP contribution in [-0.4, -0.2) is 23.5 Å². The summed E-state index contributed by atoms with van der Waals surface area (Å²) in [6.07, 6.45) is 3.65. The van der Waals surface area contributed by atoms with Gasteiger partial charge in [-0.2, -0.15) is 5.10 Å². The standard InChI is InChI=1S/C15H20BrN3O/c1-20-10-9-19-15(13(16)11-18-19)14(17)8-7-12-5-3-2-4-6-12/h2-6,11,14H,7-10,17H2,1H3. The van der Waals surface area contributed by atoms with Gasteiger partial charge in [0.2, 0.25) is 0 Å². The minimum absolute atomic E-state index is 0.0380. The highest BCUT2D eigenvalue weighted by atomic mass is 79.9. The minimum Gasteiger partial charge on any atom is -0.383 e. The fourth-order valence-electron chi connectivity index (χ4n) is 2.20. The Balaban J connectivity index is 2.01. The van der Waals surface area contributed by atoms with Crippen LogP contribution in [0.1, 0.15) is 23.7 Å². The minimum atomic E-state index is -0.0380. The first-order valence-corrected chi connectivity index (χ1v) is 7.51. The Morgan fingerprint density at radius 1 is 1.35 bits per heavy atom. The summed E-state index contributed by atoms with van der Waals surface area (Å²) in [6, 6.07) is 10.4. The summed E-state index contributed by atoms with van der Waals surface area (Å²) in [4.78, 5) is 0. The molecule has 4 nitrogen and oxygen atoms in total. The Morgan fingerprint density at radius 2 is 2.10 bits per heavy atom. The van der Waals surface area contributed by atoms with Crippen LogP contribution in [0.25, 0.3) is 0 Å². The first-order chi connectivity index (χ1) is 9.72. The second-order valence-corrected chi connectivity index (χ2v) is 5.58. The molecule has 0 aliphatic heterocycles. The Kier molecular flexibility index (Phi) is 5.76. The highest BCUT2D eigenvalue weighted by Crippen LogP contribution is 2.25. The molecule has 0 radical (unpaired) electrons. The van der Waals surface area contributed by atoms with E-state index in [4.69, 9.17) is 10.5 Å². The quantitative estimate of drug-likeness (QED) is 0.845. The number of benzene rings is 1. The molecule has 1 aromatic carbocycles. The molecule has 2 N–H and O–H groups in total. The van der Waals surface area contributed by atoms with E-state index in [1.54, 1.807) is 13.3 Å². The Bertz CT molecular complexity index is 527. The molecule has 1 unspecified atom stereocenters. The molecule has 20 heavy (non-hydrogen) atoms. The maximum Gasteiger partial charge on any atom is 0.0694 e. The normalized spacial score (nSPS) is 12.6. The number of methoxy groups -OCH3 is 1. The molecular formula is C15H20BrN3O. The predicted octanol–water partition coefficient (Wildman–Crippen LogP) is 2.92. The second kappa shape index (κ2) is 7.57. The van der Waals surface area contributed by atoms with E-state index >= 15 is 0 Å². The van der Waals surface area contributed by atoms with E-state index in [-0.39, 0.29) is 6.04 Å². The first-order valence-electron chi connectivity index (χ1n) is 6.72. The Morgan fingerprint density at radius 3 is 2.80 bits per heavy atom. The second-order valence-electron chi connectivity index (χ2n) is 4.72. The van der Waals surface area contributed by atoms with Crippen molar-refractivity contribution in [2.45, 2.75) is 25.4 Å². The van der Waals surface area contributed by atoms with E-state index in [0.717, 1.165) is 29.6 Å². The number of hydrogen-bond donors (Lipinski definition) is 1. The zero-order chi connectivity index (χ0) is 14.4. The summed E-state index contributed by atoms with van der Waals surface area (Å²) < 4.78 is 7.99. The maximum absolute atomic E-state index is 6.33. The summed E-state index contributed by atoms with van der Waals surface area (Å²) in [5.74, 6) is 0. The van der Waals surface area contributed by atoms with Crippen LogP contribution in [0.4, 0.5) is 0 Å². The van der Waals surface area contributed by atoms with Gasteiger partial charge >= 0.3 is 0 Å². The molecule has 0 spiro atoms. The van der Waals surface area contributed by atoms with Crippen molar-refractivity contribution in [3.05, 3.63) is 52.3 Å². The van der Waals surface area contributed by atoms with Crippen LogP contribution >= 0.6 is 15.9 Å². The lowest BCUT2D eigenvalue weighted by molar-refractivity contribution is 0.182. The predicted molar refractivity (Wildman–Crippen MR) is 83.5 cm³/mol. The molecule has 108 valence electrons. The molecule has 0 saturated heterocycles. The van der Waals surface area contributed by atoms with Crippen molar-refractivity contribution >= 4 is 15.9 Å². The van der Waals surface area contributed by atoms with Gasteiger partial charge < -0.3 is 10.5 Å². The smallest absolute Gasteiger partial charge is 0.0694 e. The van der Waals surface area contributed by atoms with Crippen molar-refractivity contribution in [3.8, 4) is 0 Å². The van der Waals surface area contributed by atoms with Crippen LogP contribution in [-0.2, 0) is 17.7 Å². The van der Waals surface area contributed by atoms with E-state index in [0.29, 0.717) is 6.61 Å².